The second-order valence-corrected chi connectivity index (χ2v) is 4.21. The predicted octanol–water partition coefficient (Wildman–Crippen LogP) is 3.61. The number of rotatable bonds is 6. The molecule has 0 aliphatic rings. The summed E-state index contributed by atoms with van der Waals surface area (Å²) in [6, 6.07) is 14.6. The van der Waals surface area contributed by atoms with Crippen LogP contribution in [0, 0.1) is 10.1 Å². The van der Waals surface area contributed by atoms with Crippen LogP contribution in [0.25, 0.3) is 0 Å². The lowest BCUT2D eigenvalue weighted by Crippen LogP contribution is -2.03. The summed E-state index contributed by atoms with van der Waals surface area (Å²) in [6.45, 7) is 2.86. The molecule has 0 atom stereocenters. The van der Waals surface area contributed by atoms with E-state index >= 15 is 0 Å². The number of nitro groups is 1. The van der Waals surface area contributed by atoms with E-state index < -0.39 is 4.92 Å². The van der Waals surface area contributed by atoms with Crippen molar-refractivity contribution in [3.05, 3.63) is 64.2 Å². The Balaban J connectivity index is 2.16. The number of nitro benzene ring substituents is 1. The van der Waals surface area contributed by atoms with Crippen LogP contribution in [0.1, 0.15) is 12.5 Å². The van der Waals surface area contributed by atoms with Crippen molar-refractivity contribution < 1.29 is 9.66 Å². The minimum atomic E-state index is -0.407. The Hall–Kier alpha value is -2.56. The monoisotopic (exact) mass is 272 g/mol. The highest BCUT2D eigenvalue weighted by Crippen LogP contribution is 2.29. The lowest BCUT2D eigenvalue weighted by molar-refractivity contribution is -0.384. The molecule has 0 aliphatic heterocycles. The summed E-state index contributed by atoms with van der Waals surface area (Å²) in [5.74, 6) is 0.504. The van der Waals surface area contributed by atoms with E-state index in [0.29, 0.717) is 24.6 Å². The summed E-state index contributed by atoms with van der Waals surface area (Å²) in [5, 5.41) is 14.2. The topological polar surface area (TPSA) is 64.4 Å². The summed E-state index contributed by atoms with van der Waals surface area (Å²) in [6.07, 6.45) is 0. The lowest BCUT2D eigenvalue weighted by Gasteiger charge is -2.09. The van der Waals surface area contributed by atoms with E-state index in [2.05, 4.69) is 5.32 Å². The molecule has 2 aromatic carbocycles. The van der Waals surface area contributed by atoms with Crippen molar-refractivity contribution in [2.45, 2.75) is 13.5 Å². The molecule has 0 spiro atoms. The van der Waals surface area contributed by atoms with Crippen molar-refractivity contribution in [2.75, 3.05) is 11.9 Å². The van der Waals surface area contributed by atoms with Crippen LogP contribution in [-0.4, -0.2) is 11.5 Å². The Morgan fingerprint density at radius 3 is 2.60 bits per heavy atom. The Kier molecular flexibility index (Phi) is 4.55. The van der Waals surface area contributed by atoms with Crippen LogP contribution in [0.3, 0.4) is 0 Å². The summed E-state index contributed by atoms with van der Waals surface area (Å²) in [4.78, 5) is 10.7. The molecule has 0 amide bonds. The molecule has 5 nitrogen and oxygen atoms in total. The highest BCUT2D eigenvalue weighted by atomic mass is 16.6. The standard InChI is InChI=1S/C15H16N2O3/c1-2-20-13-8-9-14(15(10-13)17(18)19)16-11-12-6-4-3-5-7-12/h3-10,16H,2,11H2,1H3. The van der Waals surface area contributed by atoms with Gasteiger partial charge in [-0.1, -0.05) is 30.3 Å². The van der Waals surface area contributed by atoms with Gasteiger partial charge in [-0.05, 0) is 24.6 Å². The fourth-order valence-electron chi connectivity index (χ4n) is 1.86. The van der Waals surface area contributed by atoms with Crippen LogP contribution in [0.2, 0.25) is 0 Å². The van der Waals surface area contributed by atoms with E-state index in [1.165, 1.54) is 6.07 Å². The molecule has 0 saturated carbocycles. The number of ether oxygens (including phenoxy) is 1. The van der Waals surface area contributed by atoms with E-state index in [1.54, 1.807) is 12.1 Å². The number of nitrogens with one attached hydrogen (secondary N) is 1. The van der Waals surface area contributed by atoms with Gasteiger partial charge in [0, 0.05) is 6.54 Å². The first-order valence-corrected chi connectivity index (χ1v) is 6.39. The summed E-state index contributed by atoms with van der Waals surface area (Å²) >= 11 is 0. The highest BCUT2D eigenvalue weighted by Gasteiger charge is 2.14. The first-order chi connectivity index (χ1) is 9.70. The third-order valence-electron chi connectivity index (χ3n) is 2.80. The normalized spacial score (nSPS) is 10.1. The van der Waals surface area contributed by atoms with Crippen LogP contribution in [0.15, 0.2) is 48.5 Å². The zero-order valence-corrected chi connectivity index (χ0v) is 11.2. The smallest absolute Gasteiger partial charge is 0.296 e. The van der Waals surface area contributed by atoms with Gasteiger partial charge in [-0.25, -0.2) is 0 Å². The van der Waals surface area contributed by atoms with E-state index in [0.717, 1.165) is 5.56 Å². The third kappa shape index (κ3) is 3.47. The molecule has 0 aromatic heterocycles. The number of nitrogens with zero attached hydrogens (tertiary/aromatic N) is 1. The molecule has 0 bridgehead atoms. The fourth-order valence-corrected chi connectivity index (χ4v) is 1.86. The molecule has 104 valence electrons. The van der Waals surface area contributed by atoms with Crippen molar-refractivity contribution in [3.8, 4) is 5.75 Å². The van der Waals surface area contributed by atoms with Gasteiger partial charge in [0.25, 0.3) is 5.69 Å². The SMILES string of the molecule is CCOc1ccc(NCc2ccccc2)c([N+](=O)[O-])c1. The van der Waals surface area contributed by atoms with E-state index in [1.807, 2.05) is 37.3 Å². The minimum absolute atomic E-state index is 0.0203. The lowest BCUT2D eigenvalue weighted by atomic mass is 10.2. The Labute approximate surface area is 117 Å². The first-order valence-electron chi connectivity index (χ1n) is 6.39. The first kappa shape index (κ1) is 13.9. The van der Waals surface area contributed by atoms with Crippen molar-refractivity contribution in [2.24, 2.45) is 0 Å². The third-order valence-corrected chi connectivity index (χ3v) is 2.80. The number of benzene rings is 2. The van der Waals surface area contributed by atoms with Gasteiger partial charge in [-0.15, -0.1) is 0 Å². The van der Waals surface area contributed by atoms with Gasteiger partial charge in [-0.2, -0.15) is 0 Å². The Morgan fingerprint density at radius 1 is 1.20 bits per heavy atom. The second-order valence-electron chi connectivity index (χ2n) is 4.21. The molecule has 2 rings (SSSR count). The summed E-state index contributed by atoms with van der Waals surface area (Å²) in [7, 11) is 0. The van der Waals surface area contributed by atoms with Gasteiger partial charge in [0.1, 0.15) is 11.4 Å². The Bertz CT molecular complexity index is 585. The molecule has 0 heterocycles. The zero-order chi connectivity index (χ0) is 14.4. The van der Waals surface area contributed by atoms with Crippen molar-refractivity contribution in [3.63, 3.8) is 0 Å². The second kappa shape index (κ2) is 6.56. The van der Waals surface area contributed by atoms with Crippen LogP contribution in [-0.2, 0) is 6.54 Å². The van der Waals surface area contributed by atoms with Crippen LogP contribution in [0.5, 0.6) is 5.75 Å². The molecular weight excluding hydrogens is 256 g/mol. The van der Waals surface area contributed by atoms with Crippen LogP contribution in [0.4, 0.5) is 11.4 Å². The predicted molar refractivity (Wildman–Crippen MR) is 78.0 cm³/mol. The summed E-state index contributed by atoms with van der Waals surface area (Å²) in [5.41, 5.74) is 1.57. The van der Waals surface area contributed by atoms with Gasteiger partial charge >= 0.3 is 0 Å². The summed E-state index contributed by atoms with van der Waals surface area (Å²) < 4.78 is 5.28. The van der Waals surface area contributed by atoms with E-state index in [-0.39, 0.29) is 5.69 Å². The molecule has 1 N–H and O–H groups in total. The zero-order valence-electron chi connectivity index (χ0n) is 11.2. The molecule has 2 aromatic rings. The maximum atomic E-state index is 11.1. The largest absolute Gasteiger partial charge is 0.494 e. The molecule has 0 fully saturated rings. The molecule has 0 radical (unpaired) electrons. The number of anilines is 1. The van der Waals surface area contributed by atoms with E-state index in [4.69, 9.17) is 4.74 Å². The molecule has 5 heteroatoms. The van der Waals surface area contributed by atoms with Gasteiger partial charge in [-0.3, -0.25) is 10.1 Å². The van der Waals surface area contributed by atoms with Gasteiger partial charge in [0.15, 0.2) is 0 Å². The highest BCUT2D eigenvalue weighted by molar-refractivity contribution is 5.64. The number of hydrogen-bond acceptors (Lipinski definition) is 4. The van der Waals surface area contributed by atoms with Crippen LogP contribution >= 0.6 is 0 Å². The van der Waals surface area contributed by atoms with Gasteiger partial charge in [0.05, 0.1) is 17.6 Å². The number of hydrogen-bond donors (Lipinski definition) is 1. The molecular formula is C15H16N2O3. The van der Waals surface area contributed by atoms with E-state index in [9.17, 15) is 10.1 Å². The maximum absolute atomic E-state index is 11.1. The van der Waals surface area contributed by atoms with Crippen molar-refractivity contribution in [1.29, 1.82) is 0 Å². The maximum Gasteiger partial charge on any atom is 0.296 e. The molecule has 0 aliphatic carbocycles. The quantitative estimate of drug-likeness (QED) is 0.644. The fraction of sp³-hybridized carbons (Fsp3) is 0.200. The average molecular weight is 272 g/mol. The molecule has 0 saturated heterocycles. The molecule has 0 unspecified atom stereocenters. The van der Waals surface area contributed by atoms with Crippen LogP contribution < -0.4 is 10.1 Å². The average Bonchev–Trinajstić information content (AvgIpc) is 2.47. The van der Waals surface area contributed by atoms with Gasteiger partial charge < -0.3 is 10.1 Å². The Morgan fingerprint density at radius 2 is 1.95 bits per heavy atom. The molecule has 20 heavy (non-hydrogen) atoms. The van der Waals surface area contributed by atoms with Crippen molar-refractivity contribution >= 4 is 11.4 Å². The van der Waals surface area contributed by atoms with Gasteiger partial charge in [0.2, 0.25) is 0 Å². The van der Waals surface area contributed by atoms with Crippen molar-refractivity contribution in [1.82, 2.24) is 0 Å². The minimum Gasteiger partial charge on any atom is -0.494 e.